The molecule has 0 spiro atoms. The molecule has 1 rings (SSSR count). The maximum atomic E-state index is 12.1. The zero-order valence-corrected chi connectivity index (χ0v) is 11.4. The maximum Gasteiger partial charge on any atom is 0.360 e. The minimum Gasteiger partial charge on any atom is -0.328 e. The fraction of sp³-hybridized carbons (Fsp3) is 0.538. The minimum absolute atomic E-state index is 0.0198. The van der Waals surface area contributed by atoms with Crippen molar-refractivity contribution in [3.8, 4) is 0 Å². The Hall–Kier alpha value is -2.02. The first kappa shape index (κ1) is 16.0. The van der Waals surface area contributed by atoms with Crippen LogP contribution in [0.25, 0.3) is 0 Å². The fourth-order valence-corrected chi connectivity index (χ4v) is 1.79. The van der Waals surface area contributed by atoms with Gasteiger partial charge in [-0.05, 0) is 12.5 Å². The summed E-state index contributed by atoms with van der Waals surface area (Å²) in [5, 5.41) is 0.381. The third kappa shape index (κ3) is 3.11. The van der Waals surface area contributed by atoms with Gasteiger partial charge in [-0.1, -0.05) is 26.3 Å². The molecule has 110 valence electrons. The molecule has 1 aliphatic rings. The van der Waals surface area contributed by atoms with Gasteiger partial charge >= 0.3 is 5.97 Å². The summed E-state index contributed by atoms with van der Waals surface area (Å²) in [6, 6.07) is 0. The van der Waals surface area contributed by atoms with E-state index in [9.17, 15) is 19.2 Å². The van der Waals surface area contributed by atoms with Crippen LogP contribution in [-0.2, 0) is 24.0 Å². The Morgan fingerprint density at radius 1 is 1.40 bits per heavy atom. The molecule has 1 unspecified atom stereocenters. The second-order valence-electron chi connectivity index (χ2n) is 4.60. The van der Waals surface area contributed by atoms with Crippen molar-refractivity contribution in [1.82, 2.24) is 5.06 Å². The predicted molar refractivity (Wildman–Crippen MR) is 68.8 cm³/mol. The molecule has 1 heterocycles. The summed E-state index contributed by atoms with van der Waals surface area (Å²) in [5.74, 6) is -3.05. The molecule has 0 saturated carbocycles. The number of amides is 2. The molecule has 0 aromatic heterocycles. The van der Waals surface area contributed by atoms with Gasteiger partial charge in [-0.25, -0.2) is 4.79 Å². The first-order chi connectivity index (χ1) is 9.36. The van der Waals surface area contributed by atoms with E-state index in [1.165, 1.54) is 0 Å². The molecule has 0 radical (unpaired) electrons. The van der Waals surface area contributed by atoms with Gasteiger partial charge in [-0.15, -0.1) is 5.06 Å². The van der Waals surface area contributed by atoms with Crippen LogP contribution < -0.4 is 5.73 Å². The fourth-order valence-electron chi connectivity index (χ4n) is 1.79. The minimum atomic E-state index is -1.92. The van der Waals surface area contributed by atoms with E-state index in [0.717, 1.165) is 12.5 Å². The van der Waals surface area contributed by atoms with Crippen LogP contribution in [-0.4, -0.2) is 34.2 Å². The number of unbranched alkanes of at least 4 members (excludes halogenated alkanes) is 1. The summed E-state index contributed by atoms with van der Waals surface area (Å²) < 4.78 is 0. The zero-order valence-electron chi connectivity index (χ0n) is 11.4. The van der Waals surface area contributed by atoms with Gasteiger partial charge in [0.05, 0.1) is 0 Å². The normalized spacial score (nSPS) is 17.8. The number of ketones is 1. The first-order valence-electron chi connectivity index (χ1n) is 6.40. The summed E-state index contributed by atoms with van der Waals surface area (Å²) >= 11 is 0. The smallest absolute Gasteiger partial charge is 0.328 e. The van der Waals surface area contributed by atoms with Crippen molar-refractivity contribution in [1.29, 1.82) is 0 Å². The Bertz CT molecular complexity index is 444. The van der Waals surface area contributed by atoms with Crippen LogP contribution in [0.4, 0.5) is 0 Å². The lowest BCUT2D eigenvalue weighted by molar-refractivity contribution is -0.201. The van der Waals surface area contributed by atoms with Crippen LogP contribution in [0, 0.1) is 0 Å². The van der Waals surface area contributed by atoms with Crippen molar-refractivity contribution in [3.05, 3.63) is 12.7 Å². The number of carbonyl (C=O) groups is 4. The highest BCUT2D eigenvalue weighted by Crippen LogP contribution is 2.19. The molecular formula is C13H18N2O5. The SMILES string of the molecule is C=CC(=O)C(N)(CCCC)C(=O)ON1C(=O)CCC1=O. The number of nitrogens with two attached hydrogens (primary N) is 1. The van der Waals surface area contributed by atoms with E-state index < -0.39 is 29.1 Å². The topological polar surface area (TPSA) is 107 Å². The Kier molecular flexibility index (Phi) is 5.15. The molecule has 20 heavy (non-hydrogen) atoms. The maximum absolute atomic E-state index is 12.1. The standard InChI is InChI=1S/C13H18N2O5/c1-3-5-8-13(14,9(16)4-2)12(19)20-15-10(17)6-7-11(15)18/h4H,2-3,5-8,14H2,1H3. The summed E-state index contributed by atoms with van der Waals surface area (Å²) in [6.45, 7) is 5.17. The van der Waals surface area contributed by atoms with E-state index in [4.69, 9.17) is 10.6 Å². The van der Waals surface area contributed by atoms with Crippen molar-refractivity contribution in [3.63, 3.8) is 0 Å². The number of nitrogens with zero attached hydrogens (tertiary/aromatic N) is 1. The third-order valence-electron chi connectivity index (χ3n) is 3.09. The highest BCUT2D eigenvalue weighted by atomic mass is 16.7. The molecule has 1 saturated heterocycles. The zero-order chi connectivity index (χ0) is 15.3. The molecule has 1 aliphatic heterocycles. The highest BCUT2D eigenvalue weighted by molar-refractivity contribution is 6.13. The molecule has 0 aliphatic carbocycles. The van der Waals surface area contributed by atoms with Gasteiger partial charge in [-0.3, -0.25) is 14.4 Å². The van der Waals surface area contributed by atoms with Crippen LogP contribution in [0.1, 0.15) is 39.0 Å². The van der Waals surface area contributed by atoms with Crippen LogP contribution in [0.15, 0.2) is 12.7 Å². The Labute approximate surface area is 116 Å². The lowest BCUT2D eigenvalue weighted by Crippen LogP contribution is -2.57. The molecular weight excluding hydrogens is 264 g/mol. The monoisotopic (exact) mass is 282 g/mol. The van der Waals surface area contributed by atoms with Crippen LogP contribution >= 0.6 is 0 Å². The summed E-state index contributed by atoms with van der Waals surface area (Å²) in [4.78, 5) is 51.3. The summed E-state index contributed by atoms with van der Waals surface area (Å²) in [6.07, 6.45) is 2.20. The second kappa shape index (κ2) is 6.42. The number of hydrogen-bond acceptors (Lipinski definition) is 6. The van der Waals surface area contributed by atoms with Gasteiger partial charge in [0, 0.05) is 12.8 Å². The molecule has 1 fully saturated rings. The summed E-state index contributed by atoms with van der Waals surface area (Å²) in [7, 11) is 0. The number of hydroxylamine groups is 2. The largest absolute Gasteiger partial charge is 0.360 e. The van der Waals surface area contributed by atoms with Crippen molar-refractivity contribution < 1.29 is 24.0 Å². The van der Waals surface area contributed by atoms with E-state index in [2.05, 4.69) is 6.58 Å². The Balaban J connectivity index is 2.88. The van der Waals surface area contributed by atoms with Gasteiger partial charge in [0.25, 0.3) is 11.8 Å². The highest BCUT2D eigenvalue weighted by Gasteiger charge is 2.45. The molecule has 0 bridgehead atoms. The molecule has 7 heteroatoms. The Morgan fingerprint density at radius 2 is 1.95 bits per heavy atom. The molecule has 1 atom stereocenters. The lowest BCUT2D eigenvalue weighted by atomic mass is 9.89. The summed E-state index contributed by atoms with van der Waals surface area (Å²) in [5.41, 5.74) is 3.89. The van der Waals surface area contributed by atoms with Crippen LogP contribution in [0.3, 0.4) is 0 Å². The van der Waals surface area contributed by atoms with Gasteiger partial charge in [-0.2, -0.15) is 0 Å². The van der Waals surface area contributed by atoms with Gasteiger partial charge in [0.2, 0.25) is 0 Å². The third-order valence-corrected chi connectivity index (χ3v) is 3.09. The number of hydrogen-bond donors (Lipinski definition) is 1. The number of carbonyl (C=O) groups excluding carboxylic acids is 4. The van der Waals surface area contributed by atoms with Crippen LogP contribution in [0.5, 0.6) is 0 Å². The second-order valence-corrected chi connectivity index (χ2v) is 4.60. The van der Waals surface area contributed by atoms with E-state index in [-0.39, 0.29) is 19.3 Å². The van der Waals surface area contributed by atoms with Gasteiger partial charge in [0.15, 0.2) is 11.3 Å². The number of rotatable bonds is 7. The van der Waals surface area contributed by atoms with E-state index >= 15 is 0 Å². The van der Waals surface area contributed by atoms with Gasteiger partial charge < -0.3 is 10.6 Å². The quantitative estimate of drug-likeness (QED) is 0.407. The van der Waals surface area contributed by atoms with E-state index in [0.29, 0.717) is 11.5 Å². The van der Waals surface area contributed by atoms with E-state index in [1.54, 1.807) is 0 Å². The average molecular weight is 282 g/mol. The van der Waals surface area contributed by atoms with E-state index in [1.807, 2.05) is 6.92 Å². The predicted octanol–water partition coefficient (Wildman–Crippen LogP) is 0.236. The van der Waals surface area contributed by atoms with Crippen molar-refractivity contribution >= 4 is 23.6 Å². The molecule has 7 nitrogen and oxygen atoms in total. The van der Waals surface area contributed by atoms with Gasteiger partial charge in [0.1, 0.15) is 0 Å². The average Bonchev–Trinajstić information content (AvgIpc) is 2.75. The molecule has 2 amide bonds. The van der Waals surface area contributed by atoms with Crippen molar-refractivity contribution in [2.24, 2.45) is 5.73 Å². The molecule has 0 aromatic carbocycles. The van der Waals surface area contributed by atoms with Crippen molar-refractivity contribution in [2.45, 2.75) is 44.6 Å². The van der Waals surface area contributed by atoms with Crippen LogP contribution in [0.2, 0.25) is 0 Å². The molecule has 2 N–H and O–H groups in total. The first-order valence-corrected chi connectivity index (χ1v) is 6.40. The molecule has 0 aromatic rings. The van der Waals surface area contributed by atoms with Crippen molar-refractivity contribution in [2.75, 3.05) is 0 Å². The lowest BCUT2D eigenvalue weighted by Gasteiger charge is -2.25. The number of imide groups is 1. The Morgan fingerprint density at radius 3 is 2.40 bits per heavy atom.